The van der Waals surface area contributed by atoms with E-state index in [0.29, 0.717) is 22.5 Å². The number of nitrogens with one attached hydrogen (secondary N) is 2. The number of nitrogens with zero attached hydrogens (tertiary/aromatic N) is 2. The van der Waals surface area contributed by atoms with Crippen LogP contribution in [-0.4, -0.2) is 34.6 Å². The van der Waals surface area contributed by atoms with Crippen molar-refractivity contribution < 1.29 is 19.9 Å². The summed E-state index contributed by atoms with van der Waals surface area (Å²) in [5, 5.41) is 17.8. The number of benzene rings is 1. The first-order valence-corrected chi connectivity index (χ1v) is 4.97. The number of hydrogen-bond acceptors (Lipinski definition) is 8. The van der Waals surface area contributed by atoms with Gasteiger partial charge in [0.05, 0.1) is 25.3 Å². The van der Waals surface area contributed by atoms with Gasteiger partial charge in [0.15, 0.2) is 23.1 Å². The lowest BCUT2D eigenvalue weighted by Gasteiger charge is -2.10. The van der Waals surface area contributed by atoms with E-state index in [4.69, 9.17) is 19.9 Å². The quantitative estimate of drug-likeness (QED) is 0.602. The number of hydrogen-bond donors (Lipinski definition) is 4. The van der Waals surface area contributed by atoms with Crippen molar-refractivity contribution in [2.45, 2.75) is 0 Å². The summed E-state index contributed by atoms with van der Waals surface area (Å²) >= 11 is 0. The molecule has 1 aromatic heterocycles. The van der Waals surface area contributed by atoms with Crippen molar-refractivity contribution in [3.8, 4) is 11.5 Å². The first kappa shape index (κ1) is 12.1. The summed E-state index contributed by atoms with van der Waals surface area (Å²) in [5.74, 6) is 0.982. The Labute approximate surface area is 102 Å². The zero-order valence-electron chi connectivity index (χ0n) is 9.76. The van der Waals surface area contributed by atoms with Crippen molar-refractivity contribution in [2.75, 3.05) is 25.2 Å². The maximum atomic E-state index is 8.88. The minimum absolute atomic E-state index is 0.00257. The topological polar surface area (TPSA) is 109 Å². The Hall–Kier alpha value is -2.32. The fraction of sp³-hybridized carbons (Fsp3) is 0.200. The third-order valence-electron chi connectivity index (χ3n) is 2.38. The number of anilines is 2. The van der Waals surface area contributed by atoms with E-state index in [2.05, 4.69) is 9.97 Å². The fourth-order valence-corrected chi connectivity index (χ4v) is 1.54. The smallest absolute Gasteiger partial charge is 0.195 e. The average Bonchev–Trinajstić information content (AvgIpc) is 2.43. The number of rotatable bonds is 4. The van der Waals surface area contributed by atoms with Gasteiger partial charge in [-0.25, -0.2) is 20.9 Å². The van der Waals surface area contributed by atoms with Crippen molar-refractivity contribution in [1.82, 2.24) is 9.97 Å². The van der Waals surface area contributed by atoms with Crippen LogP contribution in [0.1, 0.15) is 0 Å². The molecule has 0 saturated heterocycles. The molecule has 2 rings (SSSR count). The standard InChI is InChI=1S/C10H12N4O4/c1-17-7-3-5-6(4-8(7)18-2)12-10(14-16)9(11-5)13-15/h3-4,15-16H,1-2H3,(H,11,13)(H,12,14). The third kappa shape index (κ3) is 1.94. The SMILES string of the molecule is COc1cc2nc(NO)c(NO)nc2cc1OC. The summed E-state index contributed by atoms with van der Waals surface area (Å²) < 4.78 is 10.3. The second-order valence-electron chi connectivity index (χ2n) is 3.34. The molecular weight excluding hydrogens is 240 g/mol. The predicted molar refractivity (Wildman–Crippen MR) is 63.5 cm³/mol. The van der Waals surface area contributed by atoms with Gasteiger partial charge in [-0.2, -0.15) is 0 Å². The van der Waals surface area contributed by atoms with Crippen molar-refractivity contribution >= 4 is 22.7 Å². The van der Waals surface area contributed by atoms with Gasteiger partial charge in [0.2, 0.25) is 0 Å². The molecule has 4 N–H and O–H groups in total. The minimum Gasteiger partial charge on any atom is -0.493 e. The summed E-state index contributed by atoms with van der Waals surface area (Å²) in [5.41, 5.74) is 4.62. The summed E-state index contributed by atoms with van der Waals surface area (Å²) in [6.45, 7) is 0. The van der Waals surface area contributed by atoms with Crippen LogP contribution < -0.4 is 20.4 Å². The van der Waals surface area contributed by atoms with Gasteiger partial charge in [-0.15, -0.1) is 0 Å². The van der Waals surface area contributed by atoms with Crippen LogP contribution in [-0.2, 0) is 0 Å². The molecule has 0 unspecified atom stereocenters. The van der Waals surface area contributed by atoms with E-state index >= 15 is 0 Å². The van der Waals surface area contributed by atoms with Gasteiger partial charge in [-0.05, 0) is 0 Å². The second-order valence-corrected chi connectivity index (χ2v) is 3.34. The summed E-state index contributed by atoms with van der Waals surface area (Å²) in [4.78, 5) is 8.13. The van der Waals surface area contributed by atoms with Gasteiger partial charge in [-0.3, -0.25) is 10.4 Å². The summed E-state index contributed by atoms with van der Waals surface area (Å²) in [6.07, 6.45) is 0. The molecule has 0 fully saturated rings. The molecule has 0 saturated carbocycles. The highest BCUT2D eigenvalue weighted by Crippen LogP contribution is 2.32. The van der Waals surface area contributed by atoms with Crippen LogP contribution in [0.3, 0.4) is 0 Å². The zero-order chi connectivity index (χ0) is 13.1. The minimum atomic E-state index is -0.00257. The fourth-order valence-electron chi connectivity index (χ4n) is 1.54. The van der Waals surface area contributed by atoms with E-state index in [9.17, 15) is 0 Å². The normalized spacial score (nSPS) is 10.2. The molecule has 0 radical (unpaired) electrons. The van der Waals surface area contributed by atoms with Crippen LogP contribution in [0.4, 0.5) is 11.6 Å². The van der Waals surface area contributed by atoms with Crippen molar-refractivity contribution in [3.63, 3.8) is 0 Å². The Bertz CT molecular complexity index is 478. The lowest BCUT2D eigenvalue weighted by molar-refractivity contribution is 0.355. The molecule has 18 heavy (non-hydrogen) atoms. The molecule has 0 atom stereocenters. The van der Waals surface area contributed by atoms with Crippen molar-refractivity contribution in [2.24, 2.45) is 0 Å². The highest BCUT2D eigenvalue weighted by molar-refractivity contribution is 5.83. The number of ether oxygens (including phenoxy) is 2. The first-order valence-electron chi connectivity index (χ1n) is 4.97. The molecule has 8 heteroatoms. The molecule has 0 aliphatic rings. The van der Waals surface area contributed by atoms with E-state index in [1.54, 1.807) is 12.1 Å². The van der Waals surface area contributed by atoms with Gasteiger partial charge in [0.25, 0.3) is 0 Å². The maximum Gasteiger partial charge on any atom is 0.195 e. The van der Waals surface area contributed by atoms with Crippen LogP contribution in [0.5, 0.6) is 11.5 Å². The highest BCUT2D eigenvalue weighted by Gasteiger charge is 2.12. The monoisotopic (exact) mass is 252 g/mol. The number of aromatic nitrogens is 2. The molecule has 0 spiro atoms. The third-order valence-corrected chi connectivity index (χ3v) is 2.38. The van der Waals surface area contributed by atoms with E-state index in [1.165, 1.54) is 14.2 Å². The molecule has 0 amide bonds. The van der Waals surface area contributed by atoms with Crippen LogP contribution in [0.2, 0.25) is 0 Å². The summed E-state index contributed by atoms with van der Waals surface area (Å²) in [7, 11) is 3.01. The van der Waals surface area contributed by atoms with E-state index < -0.39 is 0 Å². The summed E-state index contributed by atoms with van der Waals surface area (Å²) in [6, 6.07) is 3.23. The largest absolute Gasteiger partial charge is 0.493 e. The Balaban J connectivity index is 2.69. The van der Waals surface area contributed by atoms with Crippen LogP contribution in [0.25, 0.3) is 11.0 Å². The Morgan fingerprint density at radius 1 is 0.889 bits per heavy atom. The van der Waals surface area contributed by atoms with Gasteiger partial charge in [0.1, 0.15) is 0 Å². The van der Waals surface area contributed by atoms with Crippen molar-refractivity contribution in [3.05, 3.63) is 12.1 Å². The van der Waals surface area contributed by atoms with Gasteiger partial charge >= 0.3 is 0 Å². The zero-order valence-corrected chi connectivity index (χ0v) is 9.76. The van der Waals surface area contributed by atoms with Crippen LogP contribution in [0.15, 0.2) is 12.1 Å². The molecule has 0 bridgehead atoms. The average molecular weight is 252 g/mol. The molecular formula is C10H12N4O4. The van der Waals surface area contributed by atoms with Crippen LogP contribution >= 0.6 is 0 Å². The van der Waals surface area contributed by atoms with E-state index in [0.717, 1.165) is 0 Å². The maximum absolute atomic E-state index is 8.88. The van der Waals surface area contributed by atoms with E-state index in [-0.39, 0.29) is 11.6 Å². The first-order chi connectivity index (χ1) is 8.73. The molecule has 1 heterocycles. The van der Waals surface area contributed by atoms with Crippen LogP contribution in [0, 0.1) is 0 Å². The van der Waals surface area contributed by atoms with Gasteiger partial charge < -0.3 is 9.47 Å². The Kier molecular flexibility index (Phi) is 3.31. The molecule has 2 aromatic rings. The lowest BCUT2D eigenvalue weighted by Crippen LogP contribution is -2.04. The number of fused-ring (bicyclic) bond motifs is 1. The van der Waals surface area contributed by atoms with Gasteiger partial charge in [0, 0.05) is 12.1 Å². The van der Waals surface area contributed by atoms with Crippen molar-refractivity contribution in [1.29, 1.82) is 0 Å². The highest BCUT2D eigenvalue weighted by atomic mass is 16.5. The molecule has 0 aliphatic carbocycles. The predicted octanol–water partition coefficient (Wildman–Crippen LogP) is 1.25. The Morgan fingerprint density at radius 3 is 1.56 bits per heavy atom. The molecule has 8 nitrogen and oxygen atoms in total. The number of methoxy groups -OCH3 is 2. The van der Waals surface area contributed by atoms with Gasteiger partial charge in [-0.1, -0.05) is 0 Å². The Morgan fingerprint density at radius 2 is 1.28 bits per heavy atom. The van der Waals surface area contributed by atoms with E-state index in [1.807, 2.05) is 11.0 Å². The molecule has 1 aromatic carbocycles. The molecule has 0 aliphatic heterocycles. The lowest BCUT2D eigenvalue weighted by atomic mass is 10.2. The second kappa shape index (κ2) is 4.90. The molecule has 96 valence electrons.